The van der Waals surface area contributed by atoms with E-state index in [1.54, 1.807) is 36.4 Å². The molecular formula is C12H8N2O2. The Bertz CT molecular complexity index is 613. The Morgan fingerprint density at radius 3 is 2.62 bits per heavy atom. The molecule has 0 aromatic heterocycles. The molecule has 0 saturated heterocycles. The van der Waals surface area contributed by atoms with E-state index in [-0.39, 0.29) is 5.75 Å². The van der Waals surface area contributed by atoms with E-state index in [0.717, 1.165) is 6.21 Å². The number of fused-ring (bicyclic) bond motifs is 1. The first-order valence-electron chi connectivity index (χ1n) is 4.66. The molecule has 2 rings (SSSR count). The number of phenolic OH excluding ortho intramolecular Hbond substituents is 1. The minimum absolute atomic E-state index is 0.119. The van der Waals surface area contributed by atoms with Crippen molar-refractivity contribution in [1.82, 2.24) is 0 Å². The molecule has 0 atom stereocenters. The summed E-state index contributed by atoms with van der Waals surface area (Å²) >= 11 is 0. The molecule has 0 fully saturated rings. The second-order valence-electron chi connectivity index (χ2n) is 3.29. The summed E-state index contributed by atoms with van der Waals surface area (Å²) < 4.78 is 0. The molecular weight excluding hydrogens is 204 g/mol. The predicted molar refractivity (Wildman–Crippen MR) is 59.6 cm³/mol. The lowest BCUT2D eigenvalue weighted by molar-refractivity contribution is 0.00236. The molecule has 0 radical (unpaired) electrons. The van der Waals surface area contributed by atoms with Crippen LogP contribution in [-0.4, -0.2) is 21.9 Å². The maximum absolute atomic E-state index is 11.6. The lowest BCUT2D eigenvalue weighted by Crippen LogP contribution is -2.01. The summed E-state index contributed by atoms with van der Waals surface area (Å²) in [5, 5.41) is 10.8. The third-order valence-electron chi connectivity index (χ3n) is 2.34. The average molecular weight is 212 g/mol. The second kappa shape index (κ2) is 3.96. The summed E-state index contributed by atoms with van der Waals surface area (Å²) in [4.78, 5) is 14.3. The van der Waals surface area contributed by atoms with Crippen molar-refractivity contribution in [3.8, 4) is 5.75 Å². The lowest BCUT2D eigenvalue weighted by atomic mass is 10.0. The monoisotopic (exact) mass is 212 g/mol. The molecule has 4 heteroatoms. The van der Waals surface area contributed by atoms with E-state index >= 15 is 0 Å². The van der Waals surface area contributed by atoms with Crippen molar-refractivity contribution in [2.75, 3.05) is 0 Å². The first-order chi connectivity index (χ1) is 7.74. The largest absolute Gasteiger partial charge is 0.507 e. The smallest absolute Gasteiger partial charge is 0.328 e. The van der Waals surface area contributed by atoms with Crippen LogP contribution in [0.15, 0.2) is 36.4 Å². The standard InChI is InChI=1S/C12H8N2O2/c13-14-7-12(16)10-5-1-4-9-8(10)3-2-6-11(9)15/h1-7,15H. The molecule has 0 aliphatic heterocycles. The van der Waals surface area contributed by atoms with Gasteiger partial charge in [0.05, 0.1) is 0 Å². The number of phenols is 1. The molecule has 0 unspecified atom stereocenters. The molecule has 0 bridgehead atoms. The van der Waals surface area contributed by atoms with Crippen LogP contribution in [0.3, 0.4) is 0 Å². The van der Waals surface area contributed by atoms with Gasteiger partial charge < -0.3 is 10.6 Å². The quantitative estimate of drug-likeness (QED) is 0.358. The molecule has 0 aliphatic rings. The SMILES string of the molecule is [N-]=[N+]=CC(=O)c1cccc2c(O)cccc12. The van der Waals surface area contributed by atoms with E-state index in [2.05, 4.69) is 4.79 Å². The summed E-state index contributed by atoms with van der Waals surface area (Å²) in [5.41, 5.74) is 8.72. The minimum Gasteiger partial charge on any atom is -0.507 e. The number of benzene rings is 2. The Labute approximate surface area is 91.4 Å². The van der Waals surface area contributed by atoms with Crippen LogP contribution in [-0.2, 0) is 0 Å². The fraction of sp³-hybridized carbons (Fsp3) is 0. The summed E-state index contributed by atoms with van der Waals surface area (Å²) in [6, 6.07) is 9.94. The van der Waals surface area contributed by atoms with E-state index in [4.69, 9.17) is 5.53 Å². The molecule has 1 N–H and O–H groups in total. The number of hydrogen-bond donors (Lipinski definition) is 1. The molecule has 0 saturated carbocycles. The third-order valence-corrected chi connectivity index (χ3v) is 2.34. The van der Waals surface area contributed by atoms with Crippen LogP contribution in [0.5, 0.6) is 5.75 Å². The van der Waals surface area contributed by atoms with E-state index in [0.29, 0.717) is 16.3 Å². The first-order valence-corrected chi connectivity index (χ1v) is 4.66. The highest BCUT2D eigenvalue weighted by molar-refractivity contribution is 6.36. The van der Waals surface area contributed by atoms with Crippen LogP contribution >= 0.6 is 0 Å². The normalized spacial score (nSPS) is 9.75. The van der Waals surface area contributed by atoms with Crippen molar-refractivity contribution in [2.24, 2.45) is 0 Å². The Morgan fingerprint density at radius 2 is 1.88 bits per heavy atom. The molecule has 2 aromatic rings. The zero-order chi connectivity index (χ0) is 11.5. The van der Waals surface area contributed by atoms with Crippen LogP contribution in [0.1, 0.15) is 10.4 Å². The second-order valence-corrected chi connectivity index (χ2v) is 3.29. The summed E-state index contributed by atoms with van der Waals surface area (Å²) in [7, 11) is 0. The van der Waals surface area contributed by atoms with E-state index in [1.165, 1.54) is 0 Å². The maximum atomic E-state index is 11.6. The summed E-state index contributed by atoms with van der Waals surface area (Å²) in [6.45, 7) is 0. The van der Waals surface area contributed by atoms with Crippen molar-refractivity contribution in [3.63, 3.8) is 0 Å². The Balaban J connectivity index is 2.76. The Hall–Kier alpha value is -2.45. The number of hydrogen-bond acceptors (Lipinski definition) is 2. The maximum Gasteiger partial charge on any atom is 0.328 e. The first kappa shape index (κ1) is 10.1. The summed E-state index contributed by atoms with van der Waals surface area (Å²) in [6.07, 6.45) is 0.832. The molecule has 0 amide bonds. The molecule has 2 aromatic carbocycles. The number of Topliss-reactive ketones (excluding diaryl/α,β-unsaturated/α-hetero) is 1. The van der Waals surface area contributed by atoms with Gasteiger partial charge in [0.1, 0.15) is 5.75 Å². The van der Waals surface area contributed by atoms with Gasteiger partial charge in [-0.3, -0.25) is 4.79 Å². The van der Waals surface area contributed by atoms with Crippen LogP contribution in [0.2, 0.25) is 0 Å². The molecule has 0 aliphatic carbocycles. The fourth-order valence-corrected chi connectivity index (χ4v) is 1.63. The molecule has 16 heavy (non-hydrogen) atoms. The van der Waals surface area contributed by atoms with Gasteiger partial charge in [0.15, 0.2) is 0 Å². The van der Waals surface area contributed by atoms with Gasteiger partial charge in [-0.2, -0.15) is 4.79 Å². The zero-order valence-corrected chi connectivity index (χ0v) is 8.29. The van der Waals surface area contributed by atoms with Gasteiger partial charge in [-0.15, -0.1) is 0 Å². The predicted octanol–water partition coefficient (Wildman–Crippen LogP) is 2.03. The van der Waals surface area contributed by atoms with Crippen LogP contribution in [0, 0.1) is 0 Å². The Morgan fingerprint density at radius 1 is 1.19 bits per heavy atom. The number of carbonyl (C=O) groups excluding carboxylic acids is 1. The third kappa shape index (κ3) is 1.58. The van der Waals surface area contributed by atoms with E-state index < -0.39 is 5.78 Å². The number of ketones is 1. The zero-order valence-electron chi connectivity index (χ0n) is 8.29. The van der Waals surface area contributed by atoms with Crippen molar-refractivity contribution >= 4 is 22.8 Å². The molecule has 78 valence electrons. The van der Waals surface area contributed by atoms with Crippen LogP contribution in [0.4, 0.5) is 0 Å². The number of nitrogens with zero attached hydrogens (tertiary/aromatic N) is 2. The molecule has 0 spiro atoms. The van der Waals surface area contributed by atoms with Gasteiger partial charge in [0.25, 0.3) is 5.78 Å². The van der Waals surface area contributed by atoms with Gasteiger partial charge in [-0.05, 0) is 11.5 Å². The van der Waals surface area contributed by atoms with Crippen LogP contribution in [0.25, 0.3) is 16.3 Å². The van der Waals surface area contributed by atoms with E-state index in [9.17, 15) is 9.90 Å². The molecule has 0 heterocycles. The van der Waals surface area contributed by atoms with Gasteiger partial charge in [0, 0.05) is 10.9 Å². The fourth-order valence-electron chi connectivity index (χ4n) is 1.63. The van der Waals surface area contributed by atoms with Crippen molar-refractivity contribution in [3.05, 3.63) is 47.5 Å². The highest BCUT2D eigenvalue weighted by Gasteiger charge is 2.11. The van der Waals surface area contributed by atoms with Crippen molar-refractivity contribution in [2.45, 2.75) is 0 Å². The van der Waals surface area contributed by atoms with E-state index in [1.807, 2.05) is 0 Å². The lowest BCUT2D eigenvalue weighted by Gasteiger charge is -2.03. The number of aromatic hydroxyl groups is 1. The highest BCUT2D eigenvalue weighted by Crippen LogP contribution is 2.26. The van der Waals surface area contributed by atoms with Gasteiger partial charge in [-0.25, -0.2) is 0 Å². The highest BCUT2D eigenvalue weighted by atomic mass is 16.3. The summed E-state index contributed by atoms with van der Waals surface area (Å²) in [5.74, 6) is -0.285. The van der Waals surface area contributed by atoms with Gasteiger partial charge in [0.2, 0.25) is 0 Å². The van der Waals surface area contributed by atoms with Crippen molar-refractivity contribution in [1.29, 1.82) is 0 Å². The average Bonchev–Trinajstić information content (AvgIpc) is 2.29. The Kier molecular flexibility index (Phi) is 2.50. The van der Waals surface area contributed by atoms with Crippen LogP contribution < -0.4 is 0 Å². The number of carbonyl (C=O) groups is 1. The number of rotatable bonds is 2. The van der Waals surface area contributed by atoms with Gasteiger partial charge >= 0.3 is 6.21 Å². The van der Waals surface area contributed by atoms with Crippen molar-refractivity contribution < 1.29 is 14.7 Å². The topological polar surface area (TPSA) is 73.7 Å². The minimum atomic E-state index is -0.404. The van der Waals surface area contributed by atoms with Gasteiger partial charge in [-0.1, -0.05) is 30.3 Å². The molecule has 4 nitrogen and oxygen atoms in total.